The van der Waals surface area contributed by atoms with Crippen LogP contribution in [-0.2, 0) is 4.74 Å². The van der Waals surface area contributed by atoms with Crippen molar-refractivity contribution in [3.8, 4) is 6.07 Å². The van der Waals surface area contributed by atoms with Gasteiger partial charge in [0.25, 0.3) is 0 Å². The lowest BCUT2D eigenvalue weighted by molar-refractivity contribution is -0.0532. The van der Waals surface area contributed by atoms with Crippen LogP contribution in [0.3, 0.4) is 0 Å². The molecule has 1 aliphatic rings. The molecule has 4 N–H and O–H groups in total. The van der Waals surface area contributed by atoms with E-state index in [-0.39, 0.29) is 5.82 Å². The van der Waals surface area contributed by atoms with Crippen LogP contribution in [0, 0.1) is 17.2 Å². The SMILES string of the molecule is N#C[C@@H]1[C@H](O)[C@@H](n2ccc(N)nc2=O)O[C@H]1CO. The quantitative estimate of drug-likeness (QED) is 0.566. The Morgan fingerprint density at radius 2 is 2.39 bits per heavy atom. The first-order chi connectivity index (χ1) is 8.58. The average Bonchev–Trinajstić information content (AvgIpc) is 2.66. The third-order valence-corrected chi connectivity index (χ3v) is 2.83. The molecule has 1 saturated heterocycles. The summed E-state index contributed by atoms with van der Waals surface area (Å²) in [5.74, 6) is -0.844. The maximum Gasteiger partial charge on any atom is 0.351 e. The monoisotopic (exact) mass is 252 g/mol. The lowest BCUT2D eigenvalue weighted by atomic mass is 10.0. The van der Waals surface area contributed by atoms with E-state index in [1.807, 2.05) is 6.07 Å². The molecule has 1 aliphatic heterocycles. The predicted molar refractivity (Wildman–Crippen MR) is 59.0 cm³/mol. The van der Waals surface area contributed by atoms with Crippen molar-refractivity contribution >= 4 is 5.82 Å². The molecule has 0 aromatic carbocycles. The number of nitrogens with zero attached hydrogens (tertiary/aromatic N) is 3. The second kappa shape index (κ2) is 4.73. The summed E-state index contributed by atoms with van der Waals surface area (Å²) < 4.78 is 6.34. The van der Waals surface area contributed by atoms with Gasteiger partial charge in [0.05, 0.1) is 12.7 Å². The zero-order valence-corrected chi connectivity index (χ0v) is 9.30. The van der Waals surface area contributed by atoms with Gasteiger partial charge in [0.15, 0.2) is 6.23 Å². The molecule has 2 rings (SSSR count). The number of hydrogen-bond donors (Lipinski definition) is 3. The number of rotatable bonds is 2. The van der Waals surface area contributed by atoms with Crippen molar-refractivity contribution in [2.24, 2.45) is 5.92 Å². The third-order valence-electron chi connectivity index (χ3n) is 2.83. The lowest BCUT2D eigenvalue weighted by Crippen LogP contribution is -2.33. The van der Waals surface area contributed by atoms with Crippen LogP contribution >= 0.6 is 0 Å². The van der Waals surface area contributed by atoms with E-state index in [4.69, 9.17) is 20.8 Å². The summed E-state index contributed by atoms with van der Waals surface area (Å²) in [6.07, 6.45) is -1.77. The first-order valence-electron chi connectivity index (χ1n) is 5.27. The molecular weight excluding hydrogens is 240 g/mol. The molecule has 18 heavy (non-hydrogen) atoms. The fourth-order valence-electron chi connectivity index (χ4n) is 1.91. The van der Waals surface area contributed by atoms with Crippen molar-refractivity contribution in [3.63, 3.8) is 0 Å². The molecule has 1 aromatic rings. The molecule has 1 aromatic heterocycles. The van der Waals surface area contributed by atoms with Gasteiger partial charge in [0.2, 0.25) is 0 Å². The van der Waals surface area contributed by atoms with E-state index in [9.17, 15) is 9.90 Å². The molecule has 96 valence electrons. The highest BCUT2D eigenvalue weighted by Gasteiger charge is 2.44. The predicted octanol–water partition coefficient (Wildman–Crippen LogP) is -1.78. The third kappa shape index (κ3) is 1.95. The molecular formula is C10H12N4O4. The number of hydrogen-bond acceptors (Lipinski definition) is 7. The van der Waals surface area contributed by atoms with Gasteiger partial charge < -0.3 is 20.7 Å². The molecule has 0 radical (unpaired) electrons. The number of aliphatic hydroxyl groups is 2. The molecule has 8 nitrogen and oxygen atoms in total. The summed E-state index contributed by atoms with van der Waals surface area (Å²) in [6.45, 7) is -0.414. The number of aromatic nitrogens is 2. The Hall–Kier alpha value is -1.95. The van der Waals surface area contributed by atoms with Gasteiger partial charge in [-0.25, -0.2) is 4.79 Å². The Morgan fingerprint density at radius 3 is 2.89 bits per heavy atom. The van der Waals surface area contributed by atoms with E-state index in [1.54, 1.807) is 0 Å². The number of nitrogens with two attached hydrogens (primary N) is 1. The highest BCUT2D eigenvalue weighted by atomic mass is 16.5. The fraction of sp³-hybridized carbons (Fsp3) is 0.500. The lowest BCUT2D eigenvalue weighted by Gasteiger charge is -2.16. The largest absolute Gasteiger partial charge is 0.394 e. The standard InChI is InChI=1S/C10H12N4O4/c11-3-5-6(4-15)18-9(8(5)16)14-2-1-7(12)13-10(14)17/h1-2,5-6,8-9,15-16H,4H2,(H2,12,13,17)/t5-,6-,8-,9-/m0/s1. The van der Waals surface area contributed by atoms with E-state index < -0.39 is 36.7 Å². The second-order valence-electron chi connectivity index (χ2n) is 3.94. The van der Waals surface area contributed by atoms with Gasteiger partial charge in [0.1, 0.15) is 23.9 Å². The Bertz CT molecular complexity index is 537. The van der Waals surface area contributed by atoms with Gasteiger partial charge in [-0.3, -0.25) is 4.57 Å². The van der Waals surface area contributed by atoms with Crippen LogP contribution in [0.2, 0.25) is 0 Å². The van der Waals surface area contributed by atoms with Crippen LogP contribution < -0.4 is 11.4 Å². The van der Waals surface area contributed by atoms with Crippen molar-refractivity contribution in [2.75, 3.05) is 12.3 Å². The van der Waals surface area contributed by atoms with Crippen molar-refractivity contribution < 1.29 is 14.9 Å². The Balaban J connectivity index is 2.35. The first-order valence-corrected chi connectivity index (χ1v) is 5.27. The molecule has 8 heteroatoms. The van der Waals surface area contributed by atoms with E-state index in [0.29, 0.717) is 0 Å². The number of nitriles is 1. The maximum absolute atomic E-state index is 11.6. The van der Waals surface area contributed by atoms with E-state index in [0.717, 1.165) is 4.57 Å². The van der Waals surface area contributed by atoms with Gasteiger partial charge in [-0.05, 0) is 6.07 Å². The zero-order chi connectivity index (χ0) is 13.3. The summed E-state index contributed by atoms with van der Waals surface area (Å²) >= 11 is 0. The van der Waals surface area contributed by atoms with Gasteiger partial charge in [-0.2, -0.15) is 10.2 Å². The van der Waals surface area contributed by atoms with Crippen LogP contribution in [-0.4, -0.2) is 38.6 Å². The van der Waals surface area contributed by atoms with Gasteiger partial charge in [-0.1, -0.05) is 0 Å². The van der Waals surface area contributed by atoms with Crippen molar-refractivity contribution in [1.29, 1.82) is 5.26 Å². The highest BCUT2D eigenvalue weighted by molar-refractivity contribution is 5.23. The molecule has 2 heterocycles. The second-order valence-corrected chi connectivity index (χ2v) is 3.94. The Labute approximate surface area is 102 Å². The van der Waals surface area contributed by atoms with Crippen LogP contribution in [0.1, 0.15) is 6.23 Å². The van der Waals surface area contributed by atoms with Crippen LogP contribution in [0.25, 0.3) is 0 Å². The number of nitrogen functional groups attached to an aromatic ring is 1. The van der Waals surface area contributed by atoms with Crippen LogP contribution in [0.5, 0.6) is 0 Å². The summed E-state index contributed by atoms with van der Waals surface area (Å²) in [7, 11) is 0. The molecule has 0 amide bonds. The molecule has 4 atom stereocenters. The topological polar surface area (TPSA) is 134 Å². The molecule has 0 aliphatic carbocycles. The number of ether oxygens (including phenoxy) is 1. The number of anilines is 1. The smallest absolute Gasteiger partial charge is 0.351 e. The zero-order valence-electron chi connectivity index (χ0n) is 9.30. The molecule has 0 unspecified atom stereocenters. The van der Waals surface area contributed by atoms with E-state index in [2.05, 4.69) is 4.98 Å². The molecule has 0 saturated carbocycles. The van der Waals surface area contributed by atoms with Crippen LogP contribution in [0.4, 0.5) is 5.82 Å². The molecule has 0 spiro atoms. The van der Waals surface area contributed by atoms with Crippen molar-refractivity contribution in [2.45, 2.75) is 18.4 Å². The fourth-order valence-corrected chi connectivity index (χ4v) is 1.91. The highest BCUT2D eigenvalue weighted by Crippen LogP contribution is 2.32. The maximum atomic E-state index is 11.6. The molecule has 0 bridgehead atoms. The van der Waals surface area contributed by atoms with Crippen molar-refractivity contribution in [1.82, 2.24) is 9.55 Å². The minimum atomic E-state index is -1.21. The summed E-state index contributed by atoms with van der Waals surface area (Å²) in [5.41, 5.74) is 4.66. The molecule has 1 fully saturated rings. The van der Waals surface area contributed by atoms with Crippen LogP contribution in [0.15, 0.2) is 17.1 Å². The Morgan fingerprint density at radius 1 is 1.67 bits per heavy atom. The van der Waals surface area contributed by atoms with Gasteiger partial charge >= 0.3 is 5.69 Å². The van der Waals surface area contributed by atoms with E-state index >= 15 is 0 Å². The number of aliphatic hydroxyl groups excluding tert-OH is 2. The minimum absolute atomic E-state index is 0.0549. The van der Waals surface area contributed by atoms with Gasteiger partial charge in [0, 0.05) is 6.20 Å². The van der Waals surface area contributed by atoms with E-state index in [1.165, 1.54) is 12.3 Å². The minimum Gasteiger partial charge on any atom is -0.394 e. The first kappa shape index (κ1) is 12.5. The Kier molecular flexibility index (Phi) is 3.29. The normalized spacial score (nSPS) is 31.2. The summed E-state index contributed by atoms with van der Waals surface area (Å²) in [4.78, 5) is 15.1. The summed E-state index contributed by atoms with van der Waals surface area (Å²) in [5, 5.41) is 27.9. The average molecular weight is 252 g/mol. The summed E-state index contributed by atoms with van der Waals surface area (Å²) in [6, 6.07) is 3.23. The van der Waals surface area contributed by atoms with Crippen molar-refractivity contribution in [3.05, 3.63) is 22.7 Å². The van der Waals surface area contributed by atoms with Gasteiger partial charge in [-0.15, -0.1) is 0 Å².